The number of thioether (sulfide) groups is 1. The van der Waals surface area contributed by atoms with Gasteiger partial charge in [-0.3, -0.25) is 0 Å². The molecule has 34 heavy (non-hydrogen) atoms. The molecule has 0 amide bonds. The fourth-order valence-electron chi connectivity index (χ4n) is 3.20. The molecule has 2 aromatic heterocycles. The lowest BCUT2D eigenvalue weighted by Crippen LogP contribution is -2.07. The predicted molar refractivity (Wildman–Crippen MR) is 143 cm³/mol. The SMILES string of the molecule is C=CCn1c(CCCOc2ccc(Cl)cc2Cl)nnc1SCc1csc(-c2ccccc2Cl)n1. The van der Waals surface area contributed by atoms with Crippen molar-refractivity contribution in [2.45, 2.75) is 30.3 Å². The number of allylic oxidation sites excluding steroid dienone is 1. The zero-order valence-electron chi connectivity index (χ0n) is 18.1. The van der Waals surface area contributed by atoms with Crippen molar-refractivity contribution in [1.82, 2.24) is 19.7 Å². The summed E-state index contributed by atoms with van der Waals surface area (Å²) in [6.07, 6.45) is 3.34. The van der Waals surface area contributed by atoms with Crippen molar-refractivity contribution in [1.29, 1.82) is 0 Å². The van der Waals surface area contributed by atoms with Crippen LogP contribution >= 0.6 is 57.9 Å². The van der Waals surface area contributed by atoms with Gasteiger partial charge < -0.3 is 9.30 Å². The molecule has 0 spiro atoms. The van der Waals surface area contributed by atoms with Gasteiger partial charge in [-0.05, 0) is 30.7 Å². The first-order chi connectivity index (χ1) is 16.5. The van der Waals surface area contributed by atoms with Gasteiger partial charge in [0.05, 0.1) is 22.3 Å². The minimum absolute atomic E-state index is 0.501. The molecular weight excluding hydrogens is 531 g/mol. The Morgan fingerprint density at radius 1 is 1.09 bits per heavy atom. The number of ether oxygens (including phenoxy) is 1. The summed E-state index contributed by atoms with van der Waals surface area (Å²) in [4.78, 5) is 4.74. The zero-order chi connectivity index (χ0) is 23.9. The molecule has 2 aromatic carbocycles. The summed E-state index contributed by atoms with van der Waals surface area (Å²) in [6.45, 7) is 5.02. The van der Waals surface area contributed by atoms with Gasteiger partial charge in [-0.25, -0.2) is 4.98 Å². The maximum Gasteiger partial charge on any atom is 0.191 e. The largest absolute Gasteiger partial charge is 0.492 e. The minimum Gasteiger partial charge on any atom is -0.492 e. The van der Waals surface area contributed by atoms with Gasteiger partial charge in [0.2, 0.25) is 0 Å². The molecule has 0 saturated carbocycles. The van der Waals surface area contributed by atoms with E-state index in [0.29, 0.717) is 39.7 Å². The number of benzene rings is 2. The van der Waals surface area contributed by atoms with E-state index in [2.05, 4.69) is 26.7 Å². The van der Waals surface area contributed by atoms with E-state index >= 15 is 0 Å². The summed E-state index contributed by atoms with van der Waals surface area (Å²) in [5, 5.41) is 14.4. The molecule has 0 fully saturated rings. The quantitative estimate of drug-likeness (QED) is 0.108. The fraction of sp³-hybridized carbons (Fsp3) is 0.208. The molecule has 0 N–H and O–H groups in total. The maximum absolute atomic E-state index is 6.31. The van der Waals surface area contributed by atoms with Gasteiger partial charge in [0.1, 0.15) is 16.6 Å². The molecule has 0 bridgehead atoms. The number of thiazole rings is 1. The third-order valence-electron chi connectivity index (χ3n) is 4.81. The van der Waals surface area contributed by atoms with E-state index in [1.807, 2.05) is 30.3 Å². The van der Waals surface area contributed by atoms with E-state index in [4.69, 9.17) is 44.5 Å². The third kappa shape index (κ3) is 6.34. The Morgan fingerprint density at radius 3 is 2.74 bits per heavy atom. The van der Waals surface area contributed by atoms with E-state index < -0.39 is 0 Å². The number of aromatic nitrogens is 4. The second-order valence-corrected chi connectivity index (χ2v) is 10.3. The average Bonchev–Trinajstić information content (AvgIpc) is 3.44. The normalized spacial score (nSPS) is 11.0. The van der Waals surface area contributed by atoms with E-state index in [1.165, 1.54) is 0 Å². The summed E-state index contributed by atoms with van der Waals surface area (Å²) in [5.41, 5.74) is 1.93. The van der Waals surface area contributed by atoms with E-state index in [-0.39, 0.29) is 0 Å². The zero-order valence-corrected chi connectivity index (χ0v) is 22.0. The summed E-state index contributed by atoms with van der Waals surface area (Å²) in [6, 6.07) is 12.9. The molecule has 0 aliphatic carbocycles. The molecule has 4 rings (SSSR count). The molecule has 0 atom stereocenters. The highest BCUT2D eigenvalue weighted by molar-refractivity contribution is 7.98. The predicted octanol–water partition coefficient (Wildman–Crippen LogP) is 7.85. The monoisotopic (exact) mass is 550 g/mol. The van der Waals surface area contributed by atoms with Crippen LogP contribution in [0.5, 0.6) is 5.75 Å². The van der Waals surface area contributed by atoms with Crippen LogP contribution in [0.2, 0.25) is 15.1 Å². The second-order valence-electron chi connectivity index (χ2n) is 7.24. The number of rotatable bonds is 11. The van der Waals surface area contributed by atoms with Crippen LogP contribution in [0.15, 0.2) is 65.7 Å². The highest BCUT2D eigenvalue weighted by atomic mass is 35.5. The molecule has 0 radical (unpaired) electrons. The molecule has 0 saturated heterocycles. The van der Waals surface area contributed by atoms with Gasteiger partial charge in [-0.15, -0.1) is 28.1 Å². The first kappa shape index (κ1) is 25.1. The summed E-state index contributed by atoms with van der Waals surface area (Å²) in [5.74, 6) is 2.20. The smallest absolute Gasteiger partial charge is 0.191 e. The minimum atomic E-state index is 0.501. The maximum atomic E-state index is 6.31. The number of aryl methyl sites for hydroxylation is 1. The van der Waals surface area contributed by atoms with Gasteiger partial charge in [0.25, 0.3) is 0 Å². The number of nitrogens with zero attached hydrogens (tertiary/aromatic N) is 4. The lowest BCUT2D eigenvalue weighted by molar-refractivity contribution is 0.309. The Bertz CT molecular complexity index is 1270. The number of hydrogen-bond donors (Lipinski definition) is 0. The number of halogens is 3. The van der Waals surface area contributed by atoms with Crippen LogP contribution in [-0.4, -0.2) is 26.4 Å². The van der Waals surface area contributed by atoms with Crippen molar-refractivity contribution in [3.63, 3.8) is 0 Å². The third-order valence-corrected chi connectivity index (χ3v) is 7.59. The molecule has 0 aliphatic rings. The van der Waals surface area contributed by atoms with Crippen LogP contribution in [0.25, 0.3) is 10.6 Å². The Kier molecular flexibility index (Phi) is 8.92. The summed E-state index contributed by atoms with van der Waals surface area (Å²) < 4.78 is 7.86. The van der Waals surface area contributed by atoms with E-state index in [1.54, 1.807) is 41.3 Å². The molecule has 2 heterocycles. The van der Waals surface area contributed by atoms with Crippen LogP contribution in [0.4, 0.5) is 0 Å². The van der Waals surface area contributed by atoms with Crippen LogP contribution in [0.3, 0.4) is 0 Å². The van der Waals surface area contributed by atoms with Gasteiger partial charge in [-0.1, -0.05) is 70.8 Å². The van der Waals surface area contributed by atoms with Gasteiger partial charge in [-0.2, -0.15) is 0 Å². The van der Waals surface area contributed by atoms with Crippen LogP contribution in [-0.2, 0) is 18.7 Å². The van der Waals surface area contributed by atoms with E-state index in [9.17, 15) is 0 Å². The first-order valence-electron chi connectivity index (χ1n) is 10.5. The molecule has 0 unspecified atom stereocenters. The van der Waals surface area contributed by atoms with Crippen molar-refractivity contribution in [3.8, 4) is 16.3 Å². The molecule has 176 valence electrons. The van der Waals surface area contributed by atoms with Crippen LogP contribution in [0.1, 0.15) is 17.9 Å². The summed E-state index contributed by atoms with van der Waals surface area (Å²) >= 11 is 21.6. The van der Waals surface area contributed by atoms with Gasteiger partial charge in [0.15, 0.2) is 5.16 Å². The van der Waals surface area contributed by atoms with Gasteiger partial charge >= 0.3 is 0 Å². The van der Waals surface area contributed by atoms with Crippen molar-refractivity contribution in [3.05, 3.63) is 87.1 Å². The fourth-order valence-corrected chi connectivity index (χ4v) is 5.77. The second kappa shape index (κ2) is 12.1. The standard InChI is InChI=1S/C24H21Cl3N4OS2/c1-2-11-31-22(8-5-12-32-21-10-9-16(25)13-20(21)27)29-30-24(31)34-15-17-14-33-23(28-17)18-6-3-4-7-19(18)26/h2-4,6-7,9-10,13-14H,1,5,8,11-12,15H2. The highest BCUT2D eigenvalue weighted by Crippen LogP contribution is 2.32. The molecule has 5 nitrogen and oxygen atoms in total. The molecule has 0 aliphatic heterocycles. The first-order valence-corrected chi connectivity index (χ1v) is 13.5. The topological polar surface area (TPSA) is 52.8 Å². The lowest BCUT2D eigenvalue weighted by atomic mass is 10.2. The van der Waals surface area contributed by atoms with Gasteiger partial charge in [0, 0.05) is 34.7 Å². The Hall–Kier alpha value is -2.03. The van der Waals surface area contributed by atoms with Crippen molar-refractivity contribution in [2.75, 3.05) is 6.61 Å². The average molecular weight is 552 g/mol. The van der Waals surface area contributed by atoms with Crippen LogP contribution in [0, 0.1) is 0 Å². The van der Waals surface area contributed by atoms with E-state index in [0.717, 1.165) is 40.1 Å². The van der Waals surface area contributed by atoms with Crippen LogP contribution < -0.4 is 4.74 Å². The molecular formula is C24H21Cl3N4OS2. The van der Waals surface area contributed by atoms with Crippen molar-refractivity contribution in [2.24, 2.45) is 0 Å². The highest BCUT2D eigenvalue weighted by Gasteiger charge is 2.14. The number of hydrogen-bond acceptors (Lipinski definition) is 6. The lowest BCUT2D eigenvalue weighted by Gasteiger charge is -2.09. The summed E-state index contributed by atoms with van der Waals surface area (Å²) in [7, 11) is 0. The molecule has 4 aromatic rings. The Morgan fingerprint density at radius 2 is 1.94 bits per heavy atom. The Labute approximate surface area is 221 Å². The van der Waals surface area contributed by atoms with Crippen molar-refractivity contribution >= 4 is 57.9 Å². The Balaban J connectivity index is 1.35. The molecule has 10 heteroatoms. The van der Waals surface area contributed by atoms with Crippen molar-refractivity contribution < 1.29 is 4.74 Å².